The summed E-state index contributed by atoms with van der Waals surface area (Å²) in [4.78, 5) is 27.6. The molecule has 5 nitrogen and oxygen atoms in total. The summed E-state index contributed by atoms with van der Waals surface area (Å²) < 4.78 is 5.67. The van der Waals surface area contributed by atoms with E-state index in [0.717, 1.165) is 11.1 Å². The Balaban J connectivity index is 1.88. The molecule has 0 aliphatic carbocycles. The summed E-state index contributed by atoms with van der Waals surface area (Å²) in [5.41, 5.74) is 1.72. The van der Waals surface area contributed by atoms with Crippen LogP contribution in [0.4, 0.5) is 0 Å². The van der Waals surface area contributed by atoms with E-state index in [1.165, 1.54) is 4.90 Å². The van der Waals surface area contributed by atoms with Crippen LogP contribution in [0.2, 0.25) is 5.02 Å². The summed E-state index contributed by atoms with van der Waals surface area (Å²) in [6.07, 6.45) is 0.377. The van der Waals surface area contributed by atoms with E-state index in [-0.39, 0.29) is 25.0 Å². The number of carbonyl (C=O) groups excluding carboxylic acids is 2. The van der Waals surface area contributed by atoms with E-state index in [2.05, 4.69) is 5.32 Å². The predicted molar refractivity (Wildman–Crippen MR) is 122 cm³/mol. The number of likely N-dealkylation sites (N-methyl/N-ethyl adjacent to an activating group) is 1. The molecule has 0 aliphatic rings. The number of nitrogens with zero attached hydrogens (tertiary/aromatic N) is 1. The molecule has 1 N–H and O–H groups in total. The van der Waals surface area contributed by atoms with E-state index in [1.54, 1.807) is 25.2 Å². The van der Waals surface area contributed by atoms with Crippen LogP contribution in [0.25, 0.3) is 0 Å². The van der Waals surface area contributed by atoms with Crippen LogP contribution in [-0.2, 0) is 22.6 Å². The third-order valence-corrected chi connectivity index (χ3v) is 5.29. The first kappa shape index (κ1) is 22.4. The minimum absolute atomic E-state index is 0.184. The highest BCUT2D eigenvalue weighted by molar-refractivity contribution is 6.31. The van der Waals surface area contributed by atoms with Gasteiger partial charge in [0.2, 0.25) is 5.91 Å². The van der Waals surface area contributed by atoms with Crippen molar-refractivity contribution in [3.8, 4) is 5.75 Å². The summed E-state index contributed by atoms with van der Waals surface area (Å²) in [5.74, 6) is 0.0466. The van der Waals surface area contributed by atoms with Crippen molar-refractivity contribution in [2.45, 2.75) is 19.0 Å². The highest BCUT2D eigenvalue weighted by Crippen LogP contribution is 2.21. The first-order valence-electron chi connectivity index (χ1n) is 10.0. The van der Waals surface area contributed by atoms with Crippen molar-refractivity contribution in [2.24, 2.45) is 0 Å². The lowest BCUT2D eigenvalue weighted by Gasteiger charge is -2.31. The summed E-state index contributed by atoms with van der Waals surface area (Å²) in [5, 5.41) is 3.23. The third-order valence-electron chi connectivity index (χ3n) is 4.92. The van der Waals surface area contributed by atoms with Crippen LogP contribution >= 0.6 is 11.6 Å². The highest BCUT2D eigenvalue weighted by Gasteiger charge is 2.30. The SMILES string of the molecule is CNC(=O)[C@H](Cc1ccccc1)N(Cc1ccccc1Cl)C(=O)COc1ccccc1. The zero-order chi connectivity index (χ0) is 22.1. The topological polar surface area (TPSA) is 58.6 Å². The predicted octanol–water partition coefficient (Wildman–Crippen LogP) is 4.10. The second-order valence-electron chi connectivity index (χ2n) is 7.03. The number of hydrogen-bond acceptors (Lipinski definition) is 3. The number of carbonyl (C=O) groups is 2. The number of halogens is 1. The maximum absolute atomic E-state index is 13.3. The lowest BCUT2D eigenvalue weighted by atomic mass is 10.0. The van der Waals surface area contributed by atoms with Crippen LogP contribution < -0.4 is 10.1 Å². The monoisotopic (exact) mass is 436 g/mol. The molecule has 6 heteroatoms. The van der Waals surface area contributed by atoms with E-state index in [0.29, 0.717) is 17.2 Å². The average molecular weight is 437 g/mol. The molecule has 0 bridgehead atoms. The molecule has 0 unspecified atom stereocenters. The van der Waals surface area contributed by atoms with Gasteiger partial charge in [0.15, 0.2) is 6.61 Å². The van der Waals surface area contributed by atoms with Gasteiger partial charge in [-0.05, 0) is 29.3 Å². The van der Waals surface area contributed by atoms with Crippen molar-refractivity contribution in [1.29, 1.82) is 0 Å². The van der Waals surface area contributed by atoms with Gasteiger partial charge in [-0.2, -0.15) is 0 Å². The van der Waals surface area contributed by atoms with Crippen LogP contribution in [0.5, 0.6) is 5.75 Å². The zero-order valence-corrected chi connectivity index (χ0v) is 18.1. The number of hydrogen-bond donors (Lipinski definition) is 1. The molecule has 0 heterocycles. The molecule has 0 fully saturated rings. The number of nitrogens with one attached hydrogen (secondary N) is 1. The summed E-state index contributed by atoms with van der Waals surface area (Å²) in [6, 6.07) is 25.3. The molecule has 3 aromatic rings. The van der Waals surface area contributed by atoms with Gasteiger partial charge in [0.05, 0.1) is 0 Å². The largest absolute Gasteiger partial charge is 0.484 e. The summed E-state index contributed by atoms with van der Waals surface area (Å²) in [7, 11) is 1.57. The number of benzene rings is 3. The Labute approximate surface area is 187 Å². The number of rotatable bonds is 9. The molecular weight excluding hydrogens is 412 g/mol. The smallest absolute Gasteiger partial charge is 0.261 e. The van der Waals surface area contributed by atoms with Crippen molar-refractivity contribution in [3.63, 3.8) is 0 Å². The molecule has 0 radical (unpaired) electrons. The average Bonchev–Trinajstić information content (AvgIpc) is 2.81. The van der Waals surface area contributed by atoms with Gasteiger partial charge in [0.1, 0.15) is 11.8 Å². The lowest BCUT2D eigenvalue weighted by molar-refractivity contribution is -0.142. The van der Waals surface area contributed by atoms with Crippen LogP contribution in [0.15, 0.2) is 84.9 Å². The van der Waals surface area contributed by atoms with E-state index in [4.69, 9.17) is 16.3 Å². The minimum Gasteiger partial charge on any atom is -0.484 e. The van der Waals surface area contributed by atoms with Gasteiger partial charge >= 0.3 is 0 Å². The number of amides is 2. The molecule has 1 atom stereocenters. The first-order valence-corrected chi connectivity index (χ1v) is 10.4. The fourth-order valence-electron chi connectivity index (χ4n) is 3.28. The van der Waals surface area contributed by atoms with Gasteiger partial charge in [0.25, 0.3) is 5.91 Å². The molecule has 0 aliphatic heterocycles. The Morgan fingerprint density at radius 2 is 1.55 bits per heavy atom. The van der Waals surface area contributed by atoms with E-state index < -0.39 is 6.04 Å². The van der Waals surface area contributed by atoms with Gasteiger partial charge in [-0.25, -0.2) is 0 Å². The maximum Gasteiger partial charge on any atom is 0.261 e. The normalized spacial score (nSPS) is 11.4. The molecule has 0 aromatic heterocycles. The van der Waals surface area contributed by atoms with Gasteiger partial charge in [-0.1, -0.05) is 78.3 Å². The van der Waals surface area contributed by atoms with Crippen molar-refractivity contribution in [3.05, 3.63) is 101 Å². The van der Waals surface area contributed by atoms with Crippen molar-refractivity contribution in [2.75, 3.05) is 13.7 Å². The Kier molecular flexibility index (Phi) is 8.07. The van der Waals surface area contributed by atoms with Crippen molar-refractivity contribution in [1.82, 2.24) is 10.2 Å². The second kappa shape index (κ2) is 11.2. The molecule has 0 saturated carbocycles. The lowest BCUT2D eigenvalue weighted by Crippen LogP contribution is -2.51. The fourth-order valence-corrected chi connectivity index (χ4v) is 3.47. The zero-order valence-electron chi connectivity index (χ0n) is 17.3. The number of para-hydroxylation sites is 1. The standard InChI is InChI=1S/C25H25ClN2O3/c1-27-25(30)23(16-19-10-4-2-5-11-19)28(17-20-12-8-9-15-22(20)26)24(29)18-31-21-13-6-3-7-14-21/h2-15,23H,16-18H2,1H3,(H,27,30)/t23-/m0/s1. The van der Waals surface area contributed by atoms with Gasteiger partial charge in [-0.3, -0.25) is 9.59 Å². The Morgan fingerprint density at radius 3 is 2.19 bits per heavy atom. The van der Waals surface area contributed by atoms with Gasteiger partial charge in [0, 0.05) is 25.0 Å². The fraction of sp³-hybridized carbons (Fsp3) is 0.200. The Hall–Kier alpha value is -3.31. The molecule has 2 amide bonds. The second-order valence-corrected chi connectivity index (χ2v) is 7.44. The molecule has 0 spiro atoms. The quantitative estimate of drug-likeness (QED) is 0.549. The molecule has 3 aromatic carbocycles. The summed E-state index contributed by atoms with van der Waals surface area (Å²) in [6.45, 7) is 0.0122. The number of ether oxygens (including phenoxy) is 1. The molecule has 0 saturated heterocycles. The van der Waals surface area contributed by atoms with E-state index in [9.17, 15) is 9.59 Å². The van der Waals surface area contributed by atoms with Crippen molar-refractivity contribution >= 4 is 23.4 Å². The van der Waals surface area contributed by atoms with Gasteiger partial charge in [-0.15, -0.1) is 0 Å². The van der Waals surface area contributed by atoms with Crippen LogP contribution in [0, 0.1) is 0 Å². The van der Waals surface area contributed by atoms with Gasteiger partial charge < -0.3 is 15.0 Å². The third kappa shape index (κ3) is 6.33. The highest BCUT2D eigenvalue weighted by atomic mass is 35.5. The Morgan fingerprint density at radius 1 is 0.935 bits per heavy atom. The summed E-state index contributed by atoms with van der Waals surface area (Å²) >= 11 is 6.35. The molecule has 160 valence electrons. The van der Waals surface area contributed by atoms with Crippen LogP contribution in [-0.4, -0.2) is 36.4 Å². The van der Waals surface area contributed by atoms with Crippen LogP contribution in [0.3, 0.4) is 0 Å². The van der Waals surface area contributed by atoms with Crippen molar-refractivity contribution < 1.29 is 14.3 Å². The van der Waals surface area contributed by atoms with E-state index >= 15 is 0 Å². The molecular formula is C25H25ClN2O3. The first-order chi connectivity index (χ1) is 15.1. The minimum atomic E-state index is -0.712. The molecule has 31 heavy (non-hydrogen) atoms. The van der Waals surface area contributed by atoms with Crippen LogP contribution in [0.1, 0.15) is 11.1 Å². The maximum atomic E-state index is 13.3. The Bertz CT molecular complexity index is 996. The van der Waals surface area contributed by atoms with E-state index in [1.807, 2.05) is 66.7 Å². The molecule has 3 rings (SSSR count).